The van der Waals surface area contributed by atoms with Crippen molar-refractivity contribution < 1.29 is 14.3 Å². The van der Waals surface area contributed by atoms with Gasteiger partial charge in [-0.05, 0) is 19.8 Å². The first kappa shape index (κ1) is 20.2. The second-order valence-electron chi connectivity index (χ2n) is 6.53. The maximum Gasteiger partial charge on any atom is 0.309 e. The smallest absolute Gasteiger partial charge is 0.309 e. The molecule has 1 amide bonds. The van der Waals surface area contributed by atoms with Crippen LogP contribution < -0.4 is 10.6 Å². The first-order valence-corrected chi connectivity index (χ1v) is 9.38. The number of carbonyl (C=O) groups excluding carboxylic acids is 2. The van der Waals surface area contributed by atoms with Crippen molar-refractivity contribution in [2.45, 2.75) is 19.8 Å². The molecule has 8 heteroatoms. The van der Waals surface area contributed by atoms with Gasteiger partial charge in [-0.15, -0.1) is 0 Å². The molecule has 2 aliphatic rings. The van der Waals surface area contributed by atoms with Crippen LogP contribution in [0.4, 0.5) is 0 Å². The van der Waals surface area contributed by atoms with Crippen molar-refractivity contribution in [3.05, 3.63) is 11.8 Å². The molecule has 0 aliphatic carbocycles. The molecular weight excluding hydrogens is 334 g/mol. The standard InChI is InChI=1S/C18H29N5O3/c1-2-26-18(25)15-3-8-23(9-4-15)17(24)16(13-19)14-21-7-12-22-10-5-20-6-11-22/h14-15,20-21H,2-12H2,1H3/b16-14-. The van der Waals surface area contributed by atoms with Gasteiger partial charge in [0.05, 0.1) is 12.5 Å². The van der Waals surface area contributed by atoms with Crippen molar-refractivity contribution in [2.75, 3.05) is 59.0 Å². The van der Waals surface area contributed by atoms with E-state index in [0.29, 0.717) is 39.1 Å². The summed E-state index contributed by atoms with van der Waals surface area (Å²) >= 11 is 0. The van der Waals surface area contributed by atoms with Gasteiger partial charge in [0.1, 0.15) is 11.6 Å². The van der Waals surface area contributed by atoms with Crippen molar-refractivity contribution in [2.24, 2.45) is 5.92 Å². The number of rotatable bonds is 7. The highest BCUT2D eigenvalue weighted by atomic mass is 16.5. The molecule has 8 nitrogen and oxygen atoms in total. The molecule has 0 atom stereocenters. The van der Waals surface area contributed by atoms with Gasteiger partial charge in [-0.2, -0.15) is 5.26 Å². The van der Waals surface area contributed by atoms with Crippen LogP contribution in [0.2, 0.25) is 0 Å². The first-order chi connectivity index (χ1) is 12.7. The zero-order chi connectivity index (χ0) is 18.8. The van der Waals surface area contributed by atoms with Gasteiger partial charge in [-0.3, -0.25) is 14.5 Å². The van der Waals surface area contributed by atoms with E-state index in [0.717, 1.165) is 32.7 Å². The van der Waals surface area contributed by atoms with Gasteiger partial charge >= 0.3 is 5.97 Å². The molecule has 0 aromatic heterocycles. The van der Waals surface area contributed by atoms with E-state index in [9.17, 15) is 14.9 Å². The summed E-state index contributed by atoms with van der Waals surface area (Å²) in [5, 5.41) is 15.7. The molecule has 2 fully saturated rings. The van der Waals surface area contributed by atoms with Crippen LogP contribution in [0.1, 0.15) is 19.8 Å². The minimum Gasteiger partial charge on any atom is -0.466 e. The number of amides is 1. The van der Waals surface area contributed by atoms with E-state index >= 15 is 0 Å². The third kappa shape index (κ3) is 6.00. The van der Waals surface area contributed by atoms with E-state index < -0.39 is 0 Å². The monoisotopic (exact) mass is 363 g/mol. The maximum absolute atomic E-state index is 12.5. The summed E-state index contributed by atoms with van der Waals surface area (Å²) in [4.78, 5) is 28.2. The number of nitrogens with one attached hydrogen (secondary N) is 2. The SMILES string of the molecule is CCOC(=O)C1CCN(C(=O)/C(C#N)=C\NCCN2CCNCC2)CC1. The molecule has 2 heterocycles. The van der Waals surface area contributed by atoms with Crippen LogP contribution in [0.15, 0.2) is 11.8 Å². The number of carbonyl (C=O) groups is 2. The van der Waals surface area contributed by atoms with Crippen molar-refractivity contribution in [1.29, 1.82) is 5.26 Å². The predicted molar refractivity (Wildman–Crippen MR) is 96.9 cm³/mol. The quantitative estimate of drug-likeness (QED) is 0.277. The lowest BCUT2D eigenvalue weighted by atomic mass is 9.96. The van der Waals surface area contributed by atoms with Crippen LogP contribution in [0.25, 0.3) is 0 Å². The Bertz CT molecular complexity index is 544. The van der Waals surface area contributed by atoms with Crippen LogP contribution in [0, 0.1) is 17.2 Å². The number of ether oxygens (including phenoxy) is 1. The Morgan fingerprint density at radius 2 is 1.96 bits per heavy atom. The molecular formula is C18H29N5O3. The van der Waals surface area contributed by atoms with Gasteiger partial charge in [0.15, 0.2) is 0 Å². The minimum absolute atomic E-state index is 0.111. The number of likely N-dealkylation sites (tertiary alicyclic amines) is 1. The van der Waals surface area contributed by atoms with E-state index in [1.807, 2.05) is 6.07 Å². The van der Waals surface area contributed by atoms with Gasteiger partial charge in [0, 0.05) is 58.6 Å². The second-order valence-corrected chi connectivity index (χ2v) is 6.53. The van der Waals surface area contributed by atoms with Gasteiger partial charge in [-0.25, -0.2) is 0 Å². The van der Waals surface area contributed by atoms with Crippen LogP contribution in [-0.4, -0.2) is 80.6 Å². The van der Waals surface area contributed by atoms with Gasteiger partial charge in [0.2, 0.25) is 0 Å². The number of hydrogen-bond acceptors (Lipinski definition) is 7. The van der Waals surface area contributed by atoms with Gasteiger partial charge in [0.25, 0.3) is 5.91 Å². The molecule has 0 aromatic rings. The summed E-state index contributed by atoms with van der Waals surface area (Å²) in [5.74, 6) is -0.611. The third-order valence-corrected chi connectivity index (χ3v) is 4.78. The molecule has 144 valence electrons. The largest absolute Gasteiger partial charge is 0.466 e. The average molecular weight is 363 g/mol. The topological polar surface area (TPSA) is 97.7 Å². The lowest BCUT2D eigenvalue weighted by Crippen LogP contribution is -2.45. The molecule has 2 N–H and O–H groups in total. The van der Waals surface area contributed by atoms with Crippen LogP contribution in [-0.2, 0) is 14.3 Å². The van der Waals surface area contributed by atoms with E-state index in [1.165, 1.54) is 6.20 Å². The van der Waals surface area contributed by atoms with Crippen molar-refractivity contribution >= 4 is 11.9 Å². The van der Waals surface area contributed by atoms with Crippen LogP contribution in [0.3, 0.4) is 0 Å². The van der Waals surface area contributed by atoms with Crippen molar-refractivity contribution in [3.63, 3.8) is 0 Å². The van der Waals surface area contributed by atoms with E-state index in [1.54, 1.807) is 11.8 Å². The molecule has 2 aliphatic heterocycles. The Balaban J connectivity index is 1.75. The number of piperazine rings is 1. The summed E-state index contributed by atoms with van der Waals surface area (Å²) in [7, 11) is 0. The molecule has 2 saturated heterocycles. The average Bonchev–Trinajstić information content (AvgIpc) is 2.69. The highest BCUT2D eigenvalue weighted by Gasteiger charge is 2.29. The number of hydrogen-bond donors (Lipinski definition) is 2. The Labute approximate surface area is 155 Å². The molecule has 0 saturated carbocycles. The fourth-order valence-corrected chi connectivity index (χ4v) is 3.22. The van der Waals surface area contributed by atoms with Crippen LogP contribution >= 0.6 is 0 Å². The Morgan fingerprint density at radius 1 is 1.27 bits per heavy atom. The summed E-state index contributed by atoms with van der Waals surface area (Å²) in [5.41, 5.74) is 0.111. The molecule has 0 spiro atoms. The number of nitriles is 1. The highest BCUT2D eigenvalue weighted by molar-refractivity contribution is 5.97. The molecule has 26 heavy (non-hydrogen) atoms. The fourth-order valence-electron chi connectivity index (χ4n) is 3.22. The molecule has 0 unspecified atom stereocenters. The molecule has 0 radical (unpaired) electrons. The zero-order valence-electron chi connectivity index (χ0n) is 15.5. The summed E-state index contributed by atoms with van der Waals surface area (Å²) < 4.78 is 5.04. The second kappa shape index (κ2) is 10.8. The third-order valence-electron chi connectivity index (χ3n) is 4.78. The molecule has 0 bridgehead atoms. The van der Waals surface area contributed by atoms with Crippen molar-refractivity contribution in [1.82, 2.24) is 20.4 Å². The van der Waals surface area contributed by atoms with Crippen LogP contribution in [0.5, 0.6) is 0 Å². The molecule has 0 aromatic carbocycles. The van der Waals surface area contributed by atoms with E-state index in [-0.39, 0.29) is 23.4 Å². The fraction of sp³-hybridized carbons (Fsp3) is 0.722. The maximum atomic E-state index is 12.5. The zero-order valence-corrected chi connectivity index (χ0v) is 15.5. The summed E-state index contributed by atoms with van der Waals surface area (Å²) in [6.45, 7) is 8.73. The number of nitrogens with zero attached hydrogens (tertiary/aromatic N) is 3. The Morgan fingerprint density at radius 3 is 2.58 bits per heavy atom. The first-order valence-electron chi connectivity index (χ1n) is 9.38. The minimum atomic E-state index is -0.274. The number of piperidine rings is 1. The van der Waals surface area contributed by atoms with E-state index in [2.05, 4.69) is 15.5 Å². The normalized spacial score (nSPS) is 19.7. The summed E-state index contributed by atoms with van der Waals surface area (Å²) in [6, 6.07) is 1.98. The van der Waals surface area contributed by atoms with E-state index in [4.69, 9.17) is 4.74 Å². The lowest BCUT2D eigenvalue weighted by molar-refractivity contribution is -0.150. The van der Waals surface area contributed by atoms with Crippen molar-refractivity contribution in [3.8, 4) is 6.07 Å². The highest BCUT2D eigenvalue weighted by Crippen LogP contribution is 2.19. The Hall–Kier alpha value is -2.11. The Kier molecular flexibility index (Phi) is 8.38. The predicted octanol–water partition coefficient (Wildman–Crippen LogP) is -0.310. The molecule has 2 rings (SSSR count). The lowest BCUT2D eigenvalue weighted by Gasteiger charge is -2.30. The van der Waals surface area contributed by atoms with Gasteiger partial charge in [-0.1, -0.05) is 0 Å². The van der Waals surface area contributed by atoms with Gasteiger partial charge < -0.3 is 20.3 Å². The summed E-state index contributed by atoms with van der Waals surface area (Å²) in [6.07, 6.45) is 2.68. The number of esters is 1.